The zero-order valence-corrected chi connectivity index (χ0v) is 28.6. The van der Waals surface area contributed by atoms with Crippen molar-refractivity contribution in [3.63, 3.8) is 0 Å². The zero-order valence-electron chi connectivity index (χ0n) is 28.6. The van der Waals surface area contributed by atoms with Crippen molar-refractivity contribution in [3.05, 3.63) is 0 Å². The van der Waals surface area contributed by atoms with Gasteiger partial charge in [0.15, 0.2) is 0 Å². The standard InChI is InChI=1S/C32H64O14/c1-3-5-6-31(4-2)32(34)46-30-29-45-28-27-44-26-25-43-24-23-42-22-21-41-20-19-40-18-17-39-16-15-38-14-13-37-12-11-36-10-9-35-8-7-33/h31,33H,3-30H2,1-2H3. The van der Waals surface area contributed by atoms with Gasteiger partial charge < -0.3 is 61.9 Å². The molecule has 0 aromatic rings. The molecule has 0 saturated carbocycles. The Morgan fingerprint density at radius 2 is 0.696 bits per heavy atom. The number of carbonyl (C=O) groups is 1. The van der Waals surface area contributed by atoms with Crippen LogP contribution >= 0.6 is 0 Å². The number of aliphatic hydroxyl groups is 1. The molecule has 0 radical (unpaired) electrons. The molecule has 0 aliphatic rings. The molecular formula is C32H64O14. The van der Waals surface area contributed by atoms with Crippen molar-refractivity contribution in [2.24, 2.45) is 5.92 Å². The summed E-state index contributed by atoms with van der Waals surface area (Å²) in [5.41, 5.74) is 0. The molecule has 276 valence electrons. The normalized spacial score (nSPS) is 12.2. The maximum absolute atomic E-state index is 12.0. The van der Waals surface area contributed by atoms with Gasteiger partial charge in [0.1, 0.15) is 6.61 Å². The Morgan fingerprint density at radius 3 is 0.935 bits per heavy atom. The van der Waals surface area contributed by atoms with Crippen LogP contribution in [0.4, 0.5) is 0 Å². The maximum Gasteiger partial charge on any atom is 0.308 e. The molecule has 1 atom stereocenters. The first kappa shape index (κ1) is 45.0. The molecule has 46 heavy (non-hydrogen) atoms. The SMILES string of the molecule is CCCCC(CC)C(=O)OCCOCCOCCOCCOCCOCCOCCOCCOCCOCCOCCOCCO. The first-order valence-corrected chi connectivity index (χ1v) is 16.9. The molecule has 0 rings (SSSR count). The first-order chi connectivity index (χ1) is 22.8. The summed E-state index contributed by atoms with van der Waals surface area (Å²) < 4.78 is 64.8. The summed E-state index contributed by atoms with van der Waals surface area (Å²) in [6.07, 6.45) is 3.83. The summed E-state index contributed by atoms with van der Waals surface area (Å²) in [5.74, 6) is -0.127. The van der Waals surface area contributed by atoms with Crippen LogP contribution in [0.3, 0.4) is 0 Å². The van der Waals surface area contributed by atoms with Crippen LogP contribution in [0.2, 0.25) is 0 Å². The van der Waals surface area contributed by atoms with Gasteiger partial charge in [-0.15, -0.1) is 0 Å². The van der Waals surface area contributed by atoms with Crippen molar-refractivity contribution in [3.8, 4) is 0 Å². The highest BCUT2D eigenvalue weighted by Gasteiger charge is 2.16. The largest absolute Gasteiger partial charge is 0.463 e. The molecule has 0 aliphatic carbocycles. The fraction of sp³-hybridized carbons (Fsp3) is 0.969. The highest BCUT2D eigenvalue weighted by molar-refractivity contribution is 5.72. The van der Waals surface area contributed by atoms with Gasteiger partial charge in [-0.2, -0.15) is 0 Å². The number of unbranched alkanes of at least 4 members (excludes halogenated alkanes) is 1. The minimum absolute atomic E-state index is 0.00497. The molecule has 0 aliphatic heterocycles. The second-order valence-corrected chi connectivity index (χ2v) is 9.87. The van der Waals surface area contributed by atoms with Crippen LogP contribution in [-0.2, 0) is 61.6 Å². The van der Waals surface area contributed by atoms with Crippen molar-refractivity contribution < 1.29 is 66.7 Å². The van der Waals surface area contributed by atoms with Crippen molar-refractivity contribution >= 4 is 5.97 Å². The summed E-state index contributed by atoms with van der Waals surface area (Å²) >= 11 is 0. The fourth-order valence-corrected chi connectivity index (χ4v) is 3.62. The molecule has 0 saturated heterocycles. The molecule has 1 unspecified atom stereocenters. The molecule has 14 nitrogen and oxygen atoms in total. The third-order valence-electron chi connectivity index (χ3n) is 6.16. The molecule has 14 heteroatoms. The lowest BCUT2D eigenvalue weighted by atomic mass is 10.00. The summed E-state index contributed by atoms with van der Waals surface area (Å²) in [4.78, 5) is 12.0. The molecule has 0 amide bonds. The number of rotatable bonds is 40. The van der Waals surface area contributed by atoms with Gasteiger partial charge in [0, 0.05) is 0 Å². The molecular weight excluding hydrogens is 608 g/mol. The van der Waals surface area contributed by atoms with Crippen molar-refractivity contribution in [2.75, 3.05) is 159 Å². The first-order valence-electron chi connectivity index (χ1n) is 16.9. The van der Waals surface area contributed by atoms with E-state index in [0.29, 0.717) is 145 Å². The van der Waals surface area contributed by atoms with Gasteiger partial charge >= 0.3 is 5.97 Å². The second kappa shape index (κ2) is 40.2. The number of esters is 1. The third kappa shape index (κ3) is 35.8. The number of aliphatic hydroxyl groups excluding tert-OH is 1. The lowest BCUT2D eigenvalue weighted by Gasteiger charge is -2.13. The van der Waals surface area contributed by atoms with Gasteiger partial charge in [-0.05, 0) is 12.8 Å². The Morgan fingerprint density at radius 1 is 0.435 bits per heavy atom. The maximum atomic E-state index is 12.0. The van der Waals surface area contributed by atoms with Crippen LogP contribution in [0.15, 0.2) is 0 Å². The van der Waals surface area contributed by atoms with E-state index in [9.17, 15) is 4.79 Å². The van der Waals surface area contributed by atoms with Crippen LogP contribution in [0.5, 0.6) is 0 Å². The van der Waals surface area contributed by atoms with E-state index in [1.807, 2.05) is 6.92 Å². The predicted molar refractivity (Wildman–Crippen MR) is 170 cm³/mol. The van der Waals surface area contributed by atoms with Gasteiger partial charge in [-0.25, -0.2) is 0 Å². The monoisotopic (exact) mass is 672 g/mol. The Balaban J connectivity index is 3.13. The quantitative estimate of drug-likeness (QED) is 0.0747. The number of hydrogen-bond acceptors (Lipinski definition) is 14. The van der Waals surface area contributed by atoms with Gasteiger partial charge in [0.25, 0.3) is 0 Å². The Bertz CT molecular complexity index is 587. The lowest BCUT2D eigenvalue weighted by molar-refractivity contribution is -0.150. The molecule has 0 fully saturated rings. The fourth-order valence-electron chi connectivity index (χ4n) is 3.62. The van der Waals surface area contributed by atoms with Crippen LogP contribution in [0.25, 0.3) is 0 Å². The van der Waals surface area contributed by atoms with Crippen LogP contribution in [0, 0.1) is 5.92 Å². The molecule has 1 N–H and O–H groups in total. The van der Waals surface area contributed by atoms with E-state index in [1.165, 1.54) is 0 Å². The average molecular weight is 673 g/mol. The van der Waals surface area contributed by atoms with Crippen molar-refractivity contribution in [1.29, 1.82) is 0 Å². The Hall–Kier alpha value is -1.01. The molecule has 0 spiro atoms. The van der Waals surface area contributed by atoms with E-state index in [-0.39, 0.29) is 25.1 Å². The summed E-state index contributed by atoms with van der Waals surface area (Å²) in [6.45, 7) is 14.9. The Kier molecular flexibility index (Phi) is 39.3. The summed E-state index contributed by atoms with van der Waals surface area (Å²) in [5, 5.41) is 8.58. The summed E-state index contributed by atoms with van der Waals surface area (Å²) in [6, 6.07) is 0. The highest BCUT2D eigenvalue weighted by Crippen LogP contribution is 2.14. The Labute approximate surface area is 276 Å². The van der Waals surface area contributed by atoms with Crippen LogP contribution in [-0.4, -0.2) is 170 Å². The van der Waals surface area contributed by atoms with E-state index in [4.69, 9.17) is 61.9 Å². The number of carbonyl (C=O) groups excluding carboxylic acids is 1. The predicted octanol–water partition coefficient (Wildman–Crippen LogP) is 1.92. The molecule has 0 heterocycles. The topological polar surface area (TPSA) is 148 Å². The smallest absolute Gasteiger partial charge is 0.308 e. The van der Waals surface area contributed by atoms with Gasteiger partial charge in [0.2, 0.25) is 0 Å². The molecule has 0 aromatic heterocycles. The minimum atomic E-state index is -0.122. The minimum Gasteiger partial charge on any atom is -0.463 e. The van der Waals surface area contributed by atoms with Crippen molar-refractivity contribution in [1.82, 2.24) is 0 Å². The van der Waals surface area contributed by atoms with E-state index in [0.717, 1.165) is 25.7 Å². The number of ether oxygens (including phenoxy) is 12. The van der Waals surface area contributed by atoms with E-state index < -0.39 is 0 Å². The highest BCUT2D eigenvalue weighted by atomic mass is 16.6. The third-order valence-corrected chi connectivity index (χ3v) is 6.16. The summed E-state index contributed by atoms with van der Waals surface area (Å²) in [7, 11) is 0. The van der Waals surface area contributed by atoms with Gasteiger partial charge in [0.05, 0.1) is 158 Å². The lowest BCUT2D eigenvalue weighted by Crippen LogP contribution is -2.20. The average Bonchev–Trinajstić information content (AvgIpc) is 3.06. The van der Waals surface area contributed by atoms with E-state index in [1.54, 1.807) is 0 Å². The van der Waals surface area contributed by atoms with Crippen LogP contribution in [0.1, 0.15) is 39.5 Å². The van der Waals surface area contributed by atoms with Crippen LogP contribution < -0.4 is 0 Å². The van der Waals surface area contributed by atoms with E-state index >= 15 is 0 Å². The number of hydrogen-bond donors (Lipinski definition) is 1. The van der Waals surface area contributed by atoms with Gasteiger partial charge in [-0.1, -0.05) is 26.7 Å². The van der Waals surface area contributed by atoms with Crippen molar-refractivity contribution in [2.45, 2.75) is 39.5 Å². The molecule has 0 bridgehead atoms. The van der Waals surface area contributed by atoms with Gasteiger partial charge in [-0.3, -0.25) is 4.79 Å². The molecule has 0 aromatic carbocycles. The zero-order chi connectivity index (χ0) is 33.4. The second-order valence-electron chi connectivity index (χ2n) is 9.87. The van der Waals surface area contributed by atoms with E-state index in [2.05, 4.69) is 6.92 Å².